The average molecular weight is 296 g/mol. The number of methoxy groups -OCH3 is 1. The highest BCUT2D eigenvalue weighted by Gasteiger charge is 2.32. The van der Waals surface area contributed by atoms with Crippen molar-refractivity contribution in [2.24, 2.45) is 0 Å². The second kappa shape index (κ2) is 5.07. The number of hydrogen-bond donors (Lipinski definition) is 1. The molecule has 0 saturated heterocycles. The molecule has 1 aliphatic carbocycles. The zero-order valence-electron chi connectivity index (χ0n) is 12.7. The van der Waals surface area contributed by atoms with E-state index in [0.717, 1.165) is 5.56 Å². The normalized spacial score (nSPS) is 12.9. The molecule has 2 aromatic rings. The first-order chi connectivity index (χ1) is 10.5. The number of aryl methyl sites for hydroxylation is 1. The Morgan fingerprint density at radius 1 is 1.00 bits per heavy atom. The van der Waals surface area contributed by atoms with Gasteiger partial charge >= 0.3 is 0 Å². The molecule has 0 spiro atoms. The third-order valence-electron chi connectivity index (χ3n) is 4.24. The quantitative estimate of drug-likeness (QED) is 0.789. The van der Waals surface area contributed by atoms with Crippen LogP contribution in [-0.4, -0.2) is 23.8 Å². The Bertz CT molecular complexity index is 814. The average Bonchev–Trinajstić information content (AvgIpc) is 2.52. The van der Waals surface area contributed by atoms with Crippen LogP contribution in [0.4, 0.5) is 0 Å². The molecular formula is C18H16O4. The lowest BCUT2D eigenvalue weighted by molar-refractivity contribution is 0.0978. The molecule has 0 bridgehead atoms. The molecule has 0 heterocycles. The molecule has 3 rings (SSSR count). The highest BCUT2D eigenvalue weighted by molar-refractivity contribution is 6.29. The predicted molar refractivity (Wildman–Crippen MR) is 81.7 cm³/mol. The predicted octanol–water partition coefficient (Wildman–Crippen LogP) is 2.58. The summed E-state index contributed by atoms with van der Waals surface area (Å²) in [5.74, 6) is 0.220. The van der Waals surface area contributed by atoms with Crippen molar-refractivity contribution in [3.63, 3.8) is 0 Å². The van der Waals surface area contributed by atoms with Crippen LogP contribution >= 0.6 is 0 Å². The molecule has 0 fully saturated rings. The van der Waals surface area contributed by atoms with Crippen molar-refractivity contribution in [1.29, 1.82) is 0 Å². The fourth-order valence-corrected chi connectivity index (χ4v) is 2.97. The molecule has 0 unspecified atom stereocenters. The Hall–Kier alpha value is -2.46. The maximum Gasteiger partial charge on any atom is 0.194 e. The number of fused-ring (bicyclic) bond motifs is 2. The maximum absolute atomic E-state index is 12.8. The number of hydrogen-bond acceptors (Lipinski definition) is 4. The molecule has 0 atom stereocenters. The van der Waals surface area contributed by atoms with Crippen LogP contribution in [0.25, 0.3) is 0 Å². The van der Waals surface area contributed by atoms with E-state index in [-0.39, 0.29) is 18.2 Å². The summed E-state index contributed by atoms with van der Waals surface area (Å²) in [5, 5.41) is 9.37. The van der Waals surface area contributed by atoms with E-state index in [2.05, 4.69) is 0 Å². The molecule has 2 aromatic carbocycles. The van der Waals surface area contributed by atoms with Crippen molar-refractivity contribution in [2.45, 2.75) is 20.5 Å². The molecule has 1 aliphatic rings. The van der Waals surface area contributed by atoms with E-state index in [9.17, 15) is 14.7 Å². The number of ether oxygens (including phenoxy) is 1. The first kappa shape index (κ1) is 14.5. The molecule has 0 amide bonds. The third kappa shape index (κ3) is 1.88. The van der Waals surface area contributed by atoms with Crippen LogP contribution < -0.4 is 4.74 Å². The van der Waals surface area contributed by atoms with E-state index in [4.69, 9.17) is 4.74 Å². The lowest BCUT2D eigenvalue weighted by atomic mass is 9.80. The van der Waals surface area contributed by atoms with Crippen LogP contribution in [-0.2, 0) is 6.61 Å². The second-order valence-electron chi connectivity index (χ2n) is 5.46. The Labute approximate surface area is 128 Å². The fraction of sp³-hybridized carbons (Fsp3) is 0.222. The van der Waals surface area contributed by atoms with Gasteiger partial charge in [-0.05, 0) is 48.7 Å². The van der Waals surface area contributed by atoms with Gasteiger partial charge in [0.05, 0.1) is 13.7 Å². The minimum atomic E-state index is -0.198. The van der Waals surface area contributed by atoms with E-state index < -0.39 is 0 Å². The van der Waals surface area contributed by atoms with Gasteiger partial charge in [0.15, 0.2) is 11.6 Å². The van der Waals surface area contributed by atoms with Crippen molar-refractivity contribution < 1.29 is 19.4 Å². The SMILES string of the molecule is COc1cc2c(cc1C)C(=O)c1ccc(CO)c(C)c1C2=O. The van der Waals surface area contributed by atoms with Gasteiger partial charge in [-0.1, -0.05) is 6.07 Å². The van der Waals surface area contributed by atoms with Crippen molar-refractivity contribution in [2.75, 3.05) is 7.11 Å². The Balaban J connectivity index is 2.30. The summed E-state index contributed by atoms with van der Waals surface area (Å²) in [6.45, 7) is 3.43. The van der Waals surface area contributed by atoms with Gasteiger partial charge in [0.2, 0.25) is 0 Å². The summed E-state index contributed by atoms with van der Waals surface area (Å²) in [7, 11) is 1.53. The zero-order valence-corrected chi connectivity index (χ0v) is 12.7. The van der Waals surface area contributed by atoms with Crippen molar-refractivity contribution in [3.05, 3.63) is 63.2 Å². The first-order valence-electron chi connectivity index (χ1n) is 7.01. The first-order valence-corrected chi connectivity index (χ1v) is 7.01. The summed E-state index contributed by atoms with van der Waals surface area (Å²) in [4.78, 5) is 25.5. The fourth-order valence-electron chi connectivity index (χ4n) is 2.97. The monoisotopic (exact) mass is 296 g/mol. The molecule has 0 saturated carbocycles. The third-order valence-corrected chi connectivity index (χ3v) is 4.24. The van der Waals surface area contributed by atoms with Crippen LogP contribution in [0.15, 0.2) is 24.3 Å². The van der Waals surface area contributed by atoms with Gasteiger partial charge in [-0.15, -0.1) is 0 Å². The Kier molecular flexibility index (Phi) is 3.34. The molecule has 0 aromatic heterocycles. The van der Waals surface area contributed by atoms with Gasteiger partial charge in [-0.2, -0.15) is 0 Å². The number of carbonyl (C=O) groups is 2. The van der Waals surface area contributed by atoms with Crippen LogP contribution in [0, 0.1) is 13.8 Å². The van der Waals surface area contributed by atoms with E-state index in [1.807, 2.05) is 6.92 Å². The van der Waals surface area contributed by atoms with Gasteiger partial charge in [-0.3, -0.25) is 9.59 Å². The molecule has 0 aliphatic heterocycles. The summed E-state index contributed by atoms with van der Waals surface area (Å²) in [6.07, 6.45) is 0. The second-order valence-corrected chi connectivity index (χ2v) is 5.46. The maximum atomic E-state index is 12.8. The van der Waals surface area contributed by atoms with Gasteiger partial charge in [-0.25, -0.2) is 0 Å². The van der Waals surface area contributed by atoms with E-state index in [0.29, 0.717) is 39.1 Å². The molecule has 4 nitrogen and oxygen atoms in total. The molecule has 0 radical (unpaired) electrons. The molecular weight excluding hydrogens is 280 g/mol. The topological polar surface area (TPSA) is 63.6 Å². The van der Waals surface area contributed by atoms with Crippen molar-refractivity contribution >= 4 is 11.6 Å². The zero-order chi connectivity index (χ0) is 16.0. The molecule has 112 valence electrons. The number of carbonyl (C=O) groups excluding carboxylic acids is 2. The lowest BCUT2D eigenvalue weighted by Crippen LogP contribution is -2.23. The standard InChI is InChI=1S/C18H16O4/c1-9-6-13-14(7-15(9)22-3)18(21)16-10(2)11(8-19)4-5-12(16)17(13)20/h4-7,19H,8H2,1-3H3. The minimum absolute atomic E-state index is 0.162. The van der Waals surface area contributed by atoms with Gasteiger partial charge < -0.3 is 9.84 Å². The van der Waals surface area contributed by atoms with Crippen molar-refractivity contribution in [3.8, 4) is 5.75 Å². The van der Waals surface area contributed by atoms with E-state index in [1.54, 1.807) is 31.2 Å². The number of rotatable bonds is 2. The largest absolute Gasteiger partial charge is 0.496 e. The van der Waals surface area contributed by atoms with Crippen molar-refractivity contribution in [1.82, 2.24) is 0 Å². The smallest absolute Gasteiger partial charge is 0.194 e. The highest BCUT2D eigenvalue weighted by Crippen LogP contribution is 2.34. The van der Waals surface area contributed by atoms with Gasteiger partial charge in [0.1, 0.15) is 5.75 Å². The number of aliphatic hydroxyl groups is 1. The molecule has 4 heteroatoms. The number of aliphatic hydroxyl groups excluding tert-OH is 1. The minimum Gasteiger partial charge on any atom is -0.496 e. The van der Waals surface area contributed by atoms with Crippen LogP contribution in [0.5, 0.6) is 5.75 Å². The van der Waals surface area contributed by atoms with Crippen LogP contribution in [0.2, 0.25) is 0 Å². The summed E-state index contributed by atoms with van der Waals surface area (Å²) < 4.78 is 5.25. The van der Waals surface area contributed by atoms with E-state index >= 15 is 0 Å². The number of benzene rings is 2. The summed E-state index contributed by atoms with van der Waals surface area (Å²) >= 11 is 0. The summed E-state index contributed by atoms with van der Waals surface area (Å²) in [6, 6.07) is 6.64. The van der Waals surface area contributed by atoms with Crippen LogP contribution in [0.1, 0.15) is 48.5 Å². The Morgan fingerprint density at radius 3 is 2.32 bits per heavy atom. The number of ketones is 2. The van der Waals surface area contributed by atoms with E-state index in [1.165, 1.54) is 7.11 Å². The Morgan fingerprint density at radius 2 is 1.68 bits per heavy atom. The van der Waals surface area contributed by atoms with Gasteiger partial charge in [0, 0.05) is 22.3 Å². The molecule has 22 heavy (non-hydrogen) atoms. The van der Waals surface area contributed by atoms with Crippen LogP contribution in [0.3, 0.4) is 0 Å². The van der Waals surface area contributed by atoms with Gasteiger partial charge in [0.25, 0.3) is 0 Å². The highest BCUT2D eigenvalue weighted by atomic mass is 16.5. The lowest BCUT2D eigenvalue weighted by Gasteiger charge is -2.22. The molecule has 1 N–H and O–H groups in total. The summed E-state index contributed by atoms with van der Waals surface area (Å²) in [5.41, 5.74) is 3.68.